The standard InChI is InChI=1S/C24H25ClF2N2O4S/c1-33-21-6-2-4-16(10-21)14-28-15-24(30)23(11-17-8-19(26)13-20(27)9-17)29-34(31,32)22-7-3-5-18(25)12-22/h2-10,12-13,23-24,28-30H,11,14-15H2,1H3/t23-,24+/m0/s1. The van der Waals surface area contributed by atoms with Crippen molar-refractivity contribution < 1.29 is 27.0 Å². The van der Waals surface area contributed by atoms with Crippen LogP contribution in [0.2, 0.25) is 5.02 Å². The molecule has 34 heavy (non-hydrogen) atoms. The van der Waals surface area contributed by atoms with Gasteiger partial charge < -0.3 is 15.2 Å². The van der Waals surface area contributed by atoms with E-state index in [2.05, 4.69) is 10.0 Å². The van der Waals surface area contributed by atoms with Crippen LogP contribution in [0.15, 0.2) is 71.6 Å². The van der Waals surface area contributed by atoms with E-state index in [1.165, 1.54) is 24.3 Å². The molecule has 0 aromatic heterocycles. The van der Waals surface area contributed by atoms with E-state index in [1.807, 2.05) is 18.2 Å². The van der Waals surface area contributed by atoms with Crippen LogP contribution in [0.5, 0.6) is 5.75 Å². The molecule has 182 valence electrons. The van der Waals surface area contributed by atoms with E-state index < -0.39 is 33.8 Å². The third-order valence-corrected chi connectivity index (χ3v) is 6.79. The van der Waals surface area contributed by atoms with E-state index in [0.29, 0.717) is 12.3 Å². The summed E-state index contributed by atoms with van der Waals surface area (Å²) in [7, 11) is -2.52. The highest BCUT2D eigenvalue weighted by Crippen LogP contribution is 2.18. The second-order valence-electron chi connectivity index (χ2n) is 7.72. The molecule has 0 saturated carbocycles. The summed E-state index contributed by atoms with van der Waals surface area (Å²) < 4.78 is 60.9. The third-order valence-electron chi connectivity index (χ3n) is 5.07. The van der Waals surface area contributed by atoms with Gasteiger partial charge in [0.1, 0.15) is 17.4 Å². The average Bonchev–Trinajstić information content (AvgIpc) is 2.78. The Morgan fingerprint density at radius 1 is 1.00 bits per heavy atom. The summed E-state index contributed by atoms with van der Waals surface area (Å²) in [6.07, 6.45) is -1.36. The molecule has 0 aliphatic rings. The van der Waals surface area contributed by atoms with Gasteiger partial charge in [-0.2, -0.15) is 0 Å². The van der Waals surface area contributed by atoms with Crippen LogP contribution in [0.4, 0.5) is 8.78 Å². The summed E-state index contributed by atoms with van der Waals surface area (Å²) in [6, 6.07) is 14.8. The predicted octanol–water partition coefficient (Wildman–Crippen LogP) is 3.67. The lowest BCUT2D eigenvalue weighted by molar-refractivity contribution is 0.134. The number of sulfonamides is 1. The van der Waals surface area contributed by atoms with Crippen LogP contribution in [0.25, 0.3) is 0 Å². The van der Waals surface area contributed by atoms with Crippen molar-refractivity contribution in [2.24, 2.45) is 0 Å². The van der Waals surface area contributed by atoms with Crippen LogP contribution >= 0.6 is 11.6 Å². The number of hydrogen-bond acceptors (Lipinski definition) is 5. The summed E-state index contributed by atoms with van der Waals surface area (Å²) >= 11 is 5.92. The van der Waals surface area contributed by atoms with Gasteiger partial charge in [-0.1, -0.05) is 29.8 Å². The zero-order valence-electron chi connectivity index (χ0n) is 18.3. The quantitative estimate of drug-likeness (QED) is 0.366. The highest BCUT2D eigenvalue weighted by atomic mass is 35.5. The average molecular weight is 511 g/mol. The van der Waals surface area contributed by atoms with E-state index in [9.17, 15) is 22.3 Å². The Bertz CT molecular complexity index is 1210. The largest absolute Gasteiger partial charge is 0.497 e. The van der Waals surface area contributed by atoms with Gasteiger partial charge in [0.15, 0.2) is 0 Å². The van der Waals surface area contributed by atoms with Crippen molar-refractivity contribution >= 4 is 21.6 Å². The van der Waals surface area contributed by atoms with Crippen molar-refractivity contribution in [3.05, 3.63) is 94.5 Å². The minimum Gasteiger partial charge on any atom is -0.497 e. The number of hydrogen-bond donors (Lipinski definition) is 3. The zero-order chi connectivity index (χ0) is 24.7. The zero-order valence-corrected chi connectivity index (χ0v) is 19.9. The molecule has 3 aromatic carbocycles. The van der Waals surface area contributed by atoms with Crippen LogP contribution < -0.4 is 14.8 Å². The van der Waals surface area contributed by atoms with Crippen molar-refractivity contribution in [3.63, 3.8) is 0 Å². The molecule has 0 aliphatic heterocycles. The lowest BCUT2D eigenvalue weighted by atomic mass is 10.0. The molecule has 0 heterocycles. The molecule has 0 amide bonds. The first-order valence-corrected chi connectivity index (χ1v) is 12.3. The summed E-state index contributed by atoms with van der Waals surface area (Å²) in [5.41, 5.74) is 1.10. The van der Waals surface area contributed by atoms with Crippen LogP contribution in [0, 0.1) is 11.6 Å². The Morgan fingerprint density at radius 2 is 1.71 bits per heavy atom. The minimum absolute atomic E-state index is 0.0116. The number of aliphatic hydroxyl groups is 1. The SMILES string of the molecule is COc1cccc(CNC[C@@H](O)[C@H](Cc2cc(F)cc(F)c2)NS(=O)(=O)c2cccc(Cl)c2)c1. The van der Waals surface area contributed by atoms with Crippen LogP contribution in [-0.2, 0) is 23.0 Å². The fraction of sp³-hybridized carbons (Fsp3) is 0.250. The Morgan fingerprint density at radius 3 is 2.38 bits per heavy atom. The second kappa shape index (κ2) is 11.7. The van der Waals surface area contributed by atoms with E-state index in [4.69, 9.17) is 16.3 Å². The van der Waals surface area contributed by atoms with Crippen LogP contribution in [0.3, 0.4) is 0 Å². The number of ether oxygens (including phenoxy) is 1. The molecule has 0 fully saturated rings. The molecule has 0 aliphatic carbocycles. The number of methoxy groups -OCH3 is 1. The van der Waals surface area contributed by atoms with Crippen LogP contribution in [-0.4, -0.2) is 39.3 Å². The molecule has 3 rings (SSSR count). The first-order chi connectivity index (χ1) is 16.2. The number of benzene rings is 3. The molecule has 0 bridgehead atoms. The number of aliphatic hydroxyl groups excluding tert-OH is 1. The molecule has 3 aromatic rings. The normalized spacial score (nSPS) is 13.4. The number of nitrogens with one attached hydrogen (secondary N) is 2. The summed E-state index contributed by atoms with van der Waals surface area (Å²) in [5.74, 6) is -0.908. The van der Waals surface area contributed by atoms with Gasteiger partial charge in [0, 0.05) is 24.2 Å². The highest BCUT2D eigenvalue weighted by Gasteiger charge is 2.27. The summed E-state index contributed by atoms with van der Waals surface area (Å²) in [6.45, 7) is 0.397. The Balaban J connectivity index is 1.77. The highest BCUT2D eigenvalue weighted by molar-refractivity contribution is 7.89. The molecule has 6 nitrogen and oxygen atoms in total. The molecule has 2 atom stereocenters. The lowest BCUT2D eigenvalue weighted by Crippen LogP contribution is -2.48. The molecule has 0 unspecified atom stereocenters. The van der Waals surface area contributed by atoms with Gasteiger partial charge >= 0.3 is 0 Å². The molecule has 3 N–H and O–H groups in total. The van der Waals surface area contributed by atoms with Gasteiger partial charge in [0.05, 0.1) is 24.2 Å². The molecular formula is C24H25ClF2N2O4S. The van der Waals surface area contributed by atoms with Gasteiger partial charge in [-0.15, -0.1) is 0 Å². The smallest absolute Gasteiger partial charge is 0.240 e. The fourth-order valence-electron chi connectivity index (χ4n) is 3.43. The molecule has 0 radical (unpaired) electrons. The summed E-state index contributed by atoms with van der Waals surface area (Å²) in [5, 5.41) is 14.1. The van der Waals surface area contributed by atoms with Crippen molar-refractivity contribution in [3.8, 4) is 5.75 Å². The lowest BCUT2D eigenvalue weighted by Gasteiger charge is -2.25. The van der Waals surface area contributed by atoms with Gasteiger partial charge in [-0.25, -0.2) is 21.9 Å². The van der Waals surface area contributed by atoms with Crippen LogP contribution in [0.1, 0.15) is 11.1 Å². The maximum Gasteiger partial charge on any atom is 0.240 e. The van der Waals surface area contributed by atoms with E-state index >= 15 is 0 Å². The first kappa shape index (κ1) is 26.1. The van der Waals surface area contributed by atoms with Gasteiger partial charge in [-0.3, -0.25) is 0 Å². The second-order valence-corrected chi connectivity index (χ2v) is 9.87. The van der Waals surface area contributed by atoms with Gasteiger partial charge in [0.2, 0.25) is 10.0 Å². The fourth-order valence-corrected chi connectivity index (χ4v) is 5.00. The summed E-state index contributed by atoms with van der Waals surface area (Å²) in [4.78, 5) is -0.0908. The van der Waals surface area contributed by atoms with E-state index in [1.54, 1.807) is 13.2 Å². The van der Waals surface area contributed by atoms with Gasteiger partial charge in [0.25, 0.3) is 0 Å². The maximum absolute atomic E-state index is 13.7. The van der Waals surface area contributed by atoms with Crippen molar-refractivity contribution in [2.45, 2.75) is 30.0 Å². The van der Waals surface area contributed by atoms with E-state index in [0.717, 1.165) is 23.8 Å². The van der Waals surface area contributed by atoms with Gasteiger partial charge in [-0.05, 0) is 60.0 Å². The van der Waals surface area contributed by atoms with Crippen molar-refractivity contribution in [1.82, 2.24) is 10.0 Å². The molecule has 0 spiro atoms. The molecule has 10 heteroatoms. The number of rotatable bonds is 11. The van der Waals surface area contributed by atoms with Crippen molar-refractivity contribution in [2.75, 3.05) is 13.7 Å². The molecular weight excluding hydrogens is 486 g/mol. The molecule has 0 saturated heterocycles. The predicted molar refractivity (Wildman–Crippen MR) is 126 cm³/mol. The Labute approximate surface area is 202 Å². The number of halogens is 3. The Hall–Kier alpha value is -2.56. The monoisotopic (exact) mass is 510 g/mol. The van der Waals surface area contributed by atoms with Crippen molar-refractivity contribution in [1.29, 1.82) is 0 Å². The minimum atomic E-state index is -4.08. The maximum atomic E-state index is 13.7. The third kappa shape index (κ3) is 7.48. The first-order valence-electron chi connectivity index (χ1n) is 10.4. The van der Waals surface area contributed by atoms with E-state index in [-0.39, 0.29) is 28.4 Å². The Kier molecular flexibility index (Phi) is 8.98. The topological polar surface area (TPSA) is 87.7 Å².